The number of hydrogen-bond acceptors (Lipinski definition) is 6. The van der Waals surface area contributed by atoms with Crippen molar-refractivity contribution < 1.29 is 14.3 Å². The molecule has 154 valence electrons. The van der Waals surface area contributed by atoms with Crippen LogP contribution in [0, 0.1) is 11.3 Å². The third-order valence-electron chi connectivity index (χ3n) is 5.04. The van der Waals surface area contributed by atoms with Gasteiger partial charge in [0.15, 0.2) is 11.5 Å². The maximum absolute atomic E-state index is 12.3. The van der Waals surface area contributed by atoms with Gasteiger partial charge in [0.25, 0.3) is 0 Å². The molecule has 0 radical (unpaired) electrons. The van der Waals surface area contributed by atoms with Crippen molar-refractivity contribution in [2.24, 2.45) is 0 Å². The molecule has 29 heavy (non-hydrogen) atoms. The molecular weight excluding hydrogens is 386 g/mol. The van der Waals surface area contributed by atoms with Gasteiger partial charge < -0.3 is 14.8 Å². The van der Waals surface area contributed by atoms with E-state index in [1.54, 1.807) is 36.6 Å². The van der Waals surface area contributed by atoms with Gasteiger partial charge in [-0.25, -0.2) is 0 Å². The van der Waals surface area contributed by atoms with Crippen LogP contribution < -0.4 is 14.8 Å². The minimum absolute atomic E-state index is 0.0427. The summed E-state index contributed by atoms with van der Waals surface area (Å²) in [5, 5.41) is 14.1. The predicted octanol–water partition coefficient (Wildman–Crippen LogP) is 3.74. The van der Waals surface area contributed by atoms with Gasteiger partial charge in [-0.1, -0.05) is 6.07 Å². The zero-order valence-electron chi connectivity index (χ0n) is 16.7. The Bertz CT molecular complexity index is 826. The number of nitrogens with one attached hydrogen (secondary N) is 1. The average molecular weight is 414 g/mol. The lowest BCUT2D eigenvalue weighted by atomic mass is 10.2. The number of ether oxygens (including phenoxy) is 2. The van der Waals surface area contributed by atoms with Crippen LogP contribution in [0.25, 0.3) is 0 Å². The first-order valence-corrected chi connectivity index (χ1v) is 10.8. The molecule has 1 aliphatic rings. The number of nitrogens with zero attached hydrogens (tertiary/aromatic N) is 2. The summed E-state index contributed by atoms with van der Waals surface area (Å²) in [7, 11) is 1.54. The monoisotopic (exact) mass is 413 g/mol. The van der Waals surface area contributed by atoms with E-state index in [0.717, 1.165) is 13.1 Å². The Labute approximate surface area is 176 Å². The number of methoxy groups -OCH3 is 1. The molecular formula is C22H27N3O3S. The highest BCUT2D eigenvalue weighted by Crippen LogP contribution is 2.29. The Kier molecular flexibility index (Phi) is 7.91. The molecule has 7 heteroatoms. The molecule has 2 heterocycles. The minimum atomic E-state index is 0.0427. The van der Waals surface area contributed by atoms with Crippen LogP contribution in [-0.4, -0.2) is 44.2 Å². The van der Waals surface area contributed by atoms with Crippen LogP contribution in [-0.2, 0) is 4.79 Å². The number of hydrogen-bond donors (Lipinski definition) is 1. The molecule has 1 unspecified atom stereocenters. The number of nitriles is 1. The van der Waals surface area contributed by atoms with E-state index in [2.05, 4.69) is 33.8 Å². The molecule has 1 amide bonds. The third kappa shape index (κ3) is 5.96. The van der Waals surface area contributed by atoms with Gasteiger partial charge in [0.05, 0.1) is 31.4 Å². The van der Waals surface area contributed by atoms with Gasteiger partial charge in [0.2, 0.25) is 5.91 Å². The number of amides is 1. The SMILES string of the molecule is COc1cc(C#N)ccc1OCCCC(=O)NCC(c1cccs1)N1CCCC1. The summed E-state index contributed by atoms with van der Waals surface area (Å²) in [5.41, 5.74) is 0.520. The highest BCUT2D eigenvalue weighted by molar-refractivity contribution is 7.10. The summed E-state index contributed by atoms with van der Waals surface area (Å²) < 4.78 is 11.0. The first kappa shape index (κ1) is 21.2. The Morgan fingerprint density at radius 2 is 2.14 bits per heavy atom. The molecule has 1 aromatic carbocycles. The molecule has 0 aliphatic carbocycles. The number of benzene rings is 1. The number of carbonyl (C=O) groups excluding carboxylic acids is 1. The Morgan fingerprint density at radius 1 is 1.31 bits per heavy atom. The van der Waals surface area contributed by atoms with E-state index in [4.69, 9.17) is 14.7 Å². The zero-order valence-corrected chi connectivity index (χ0v) is 17.5. The van der Waals surface area contributed by atoms with Crippen molar-refractivity contribution in [3.05, 3.63) is 46.2 Å². The standard InChI is InChI=1S/C22H27N3O3S/c1-27-20-14-17(15-23)8-9-19(20)28-12-4-7-22(26)24-16-18(21-6-5-13-29-21)25-10-2-3-11-25/h5-6,8-9,13-14,18H,2-4,7,10-12,16H2,1H3,(H,24,26). The molecule has 1 N–H and O–H groups in total. The van der Waals surface area contributed by atoms with Crippen molar-refractivity contribution in [2.75, 3.05) is 33.4 Å². The number of likely N-dealkylation sites (tertiary alicyclic amines) is 1. The van der Waals surface area contributed by atoms with Crippen LogP contribution in [0.2, 0.25) is 0 Å². The maximum Gasteiger partial charge on any atom is 0.220 e. The van der Waals surface area contributed by atoms with Crippen molar-refractivity contribution in [1.29, 1.82) is 5.26 Å². The lowest BCUT2D eigenvalue weighted by molar-refractivity contribution is -0.121. The van der Waals surface area contributed by atoms with Gasteiger partial charge in [-0.2, -0.15) is 5.26 Å². The van der Waals surface area contributed by atoms with E-state index in [9.17, 15) is 4.79 Å². The zero-order chi connectivity index (χ0) is 20.5. The lowest BCUT2D eigenvalue weighted by Gasteiger charge is -2.26. The quantitative estimate of drug-likeness (QED) is 0.601. The van der Waals surface area contributed by atoms with E-state index in [-0.39, 0.29) is 11.9 Å². The van der Waals surface area contributed by atoms with Gasteiger partial charge in [-0.15, -0.1) is 11.3 Å². The fourth-order valence-electron chi connectivity index (χ4n) is 3.51. The molecule has 2 aromatic rings. The summed E-state index contributed by atoms with van der Waals surface area (Å²) in [5.74, 6) is 1.15. The van der Waals surface area contributed by atoms with Crippen molar-refractivity contribution in [3.8, 4) is 17.6 Å². The Hall–Kier alpha value is -2.56. The smallest absolute Gasteiger partial charge is 0.220 e. The van der Waals surface area contributed by atoms with E-state index in [1.165, 1.54) is 17.7 Å². The van der Waals surface area contributed by atoms with Crippen molar-refractivity contribution >= 4 is 17.2 Å². The fraction of sp³-hybridized carbons (Fsp3) is 0.455. The fourth-order valence-corrected chi connectivity index (χ4v) is 4.37. The summed E-state index contributed by atoms with van der Waals surface area (Å²) in [6.45, 7) is 3.25. The minimum Gasteiger partial charge on any atom is -0.493 e. The van der Waals surface area contributed by atoms with E-state index < -0.39 is 0 Å². The summed E-state index contributed by atoms with van der Waals surface area (Å²) in [6.07, 6.45) is 3.48. The van der Waals surface area contributed by atoms with Crippen LogP contribution in [0.3, 0.4) is 0 Å². The second kappa shape index (κ2) is 10.8. The van der Waals surface area contributed by atoms with Crippen molar-refractivity contribution in [1.82, 2.24) is 10.2 Å². The van der Waals surface area contributed by atoms with Crippen molar-refractivity contribution in [2.45, 2.75) is 31.7 Å². The summed E-state index contributed by atoms with van der Waals surface area (Å²) in [4.78, 5) is 16.1. The van der Waals surface area contributed by atoms with Gasteiger partial charge in [-0.3, -0.25) is 9.69 Å². The predicted molar refractivity (Wildman–Crippen MR) is 113 cm³/mol. The van der Waals surface area contributed by atoms with Gasteiger partial charge >= 0.3 is 0 Å². The molecule has 0 spiro atoms. The van der Waals surface area contributed by atoms with Crippen LogP contribution in [0.5, 0.6) is 11.5 Å². The third-order valence-corrected chi connectivity index (χ3v) is 6.02. The molecule has 1 saturated heterocycles. The van der Waals surface area contributed by atoms with Gasteiger partial charge in [-0.05, 0) is 55.9 Å². The van der Waals surface area contributed by atoms with E-state index in [1.807, 2.05) is 0 Å². The van der Waals surface area contributed by atoms with Crippen LogP contribution in [0.15, 0.2) is 35.7 Å². The molecule has 1 atom stereocenters. The normalized spacial score (nSPS) is 14.9. The largest absolute Gasteiger partial charge is 0.493 e. The highest BCUT2D eigenvalue weighted by atomic mass is 32.1. The summed E-state index contributed by atoms with van der Waals surface area (Å²) in [6, 6.07) is 11.6. The highest BCUT2D eigenvalue weighted by Gasteiger charge is 2.24. The molecule has 1 fully saturated rings. The molecule has 1 aliphatic heterocycles. The number of carbonyl (C=O) groups is 1. The molecule has 1 aromatic heterocycles. The van der Waals surface area contributed by atoms with Gasteiger partial charge in [0, 0.05) is 23.9 Å². The topological polar surface area (TPSA) is 74.6 Å². The number of thiophene rings is 1. The van der Waals surface area contributed by atoms with Crippen molar-refractivity contribution in [3.63, 3.8) is 0 Å². The Balaban J connectivity index is 1.42. The van der Waals surface area contributed by atoms with Crippen LogP contribution in [0.1, 0.15) is 42.2 Å². The average Bonchev–Trinajstić information content (AvgIpc) is 3.46. The first-order chi connectivity index (χ1) is 14.2. The summed E-state index contributed by atoms with van der Waals surface area (Å²) >= 11 is 1.75. The lowest BCUT2D eigenvalue weighted by Crippen LogP contribution is -2.36. The number of rotatable bonds is 10. The molecule has 0 bridgehead atoms. The molecule has 3 rings (SSSR count). The first-order valence-electron chi connectivity index (χ1n) is 9.96. The molecule has 6 nitrogen and oxygen atoms in total. The second-order valence-electron chi connectivity index (χ2n) is 7.01. The maximum atomic E-state index is 12.3. The van der Waals surface area contributed by atoms with E-state index >= 15 is 0 Å². The molecule has 0 saturated carbocycles. The Morgan fingerprint density at radius 3 is 2.83 bits per heavy atom. The van der Waals surface area contributed by atoms with Crippen LogP contribution >= 0.6 is 11.3 Å². The van der Waals surface area contributed by atoms with Gasteiger partial charge in [0.1, 0.15) is 0 Å². The van der Waals surface area contributed by atoms with Crippen LogP contribution in [0.4, 0.5) is 0 Å². The van der Waals surface area contributed by atoms with E-state index in [0.29, 0.717) is 43.1 Å². The second-order valence-corrected chi connectivity index (χ2v) is 7.99.